The van der Waals surface area contributed by atoms with Gasteiger partial charge in [-0.05, 0) is 59.6 Å². The number of hydrogen-bond donors (Lipinski definition) is 1. The SMILES string of the molecule is CCOC(=O)CCCCCSc1ccc(N)cc1Br. The van der Waals surface area contributed by atoms with Gasteiger partial charge in [-0.2, -0.15) is 0 Å². The first-order valence-corrected chi connectivity index (χ1v) is 8.24. The molecule has 0 fully saturated rings. The fourth-order valence-corrected chi connectivity index (χ4v) is 3.27. The summed E-state index contributed by atoms with van der Waals surface area (Å²) in [6, 6.07) is 5.86. The number of nitrogen functional groups attached to an aromatic ring is 1. The summed E-state index contributed by atoms with van der Waals surface area (Å²) in [7, 11) is 0. The molecule has 0 saturated heterocycles. The van der Waals surface area contributed by atoms with Crippen LogP contribution in [0.5, 0.6) is 0 Å². The number of hydrogen-bond acceptors (Lipinski definition) is 4. The third kappa shape index (κ3) is 6.87. The number of benzene rings is 1. The summed E-state index contributed by atoms with van der Waals surface area (Å²) >= 11 is 5.31. The molecule has 5 heteroatoms. The van der Waals surface area contributed by atoms with E-state index in [-0.39, 0.29) is 5.97 Å². The van der Waals surface area contributed by atoms with E-state index in [0.29, 0.717) is 13.0 Å². The summed E-state index contributed by atoms with van der Waals surface area (Å²) < 4.78 is 5.93. The molecule has 0 bridgehead atoms. The van der Waals surface area contributed by atoms with Crippen LogP contribution in [0.1, 0.15) is 32.6 Å². The van der Waals surface area contributed by atoms with Crippen molar-refractivity contribution in [1.29, 1.82) is 0 Å². The number of unbranched alkanes of at least 4 members (excludes halogenated alkanes) is 2. The lowest BCUT2D eigenvalue weighted by Gasteiger charge is -2.05. The van der Waals surface area contributed by atoms with E-state index in [1.54, 1.807) is 11.8 Å². The minimum Gasteiger partial charge on any atom is -0.466 e. The Kier molecular flexibility index (Phi) is 7.98. The van der Waals surface area contributed by atoms with Crippen molar-refractivity contribution in [1.82, 2.24) is 0 Å². The quantitative estimate of drug-likeness (QED) is 0.331. The number of carbonyl (C=O) groups excluding carboxylic acids is 1. The van der Waals surface area contributed by atoms with Crippen molar-refractivity contribution in [2.75, 3.05) is 18.1 Å². The fourth-order valence-electron chi connectivity index (χ4n) is 1.60. The van der Waals surface area contributed by atoms with Crippen LogP contribution in [-0.2, 0) is 9.53 Å². The van der Waals surface area contributed by atoms with Gasteiger partial charge in [0.05, 0.1) is 6.61 Å². The number of carbonyl (C=O) groups is 1. The van der Waals surface area contributed by atoms with Gasteiger partial charge in [0.1, 0.15) is 0 Å². The minimum atomic E-state index is -0.0866. The van der Waals surface area contributed by atoms with Crippen molar-refractivity contribution in [2.45, 2.75) is 37.5 Å². The van der Waals surface area contributed by atoms with Gasteiger partial charge in [-0.1, -0.05) is 6.42 Å². The molecular formula is C14H20BrNO2S. The lowest BCUT2D eigenvalue weighted by atomic mass is 10.2. The molecule has 0 aliphatic rings. The highest BCUT2D eigenvalue weighted by Crippen LogP contribution is 2.29. The molecule has 1 aromatic rings. The number of nitrogens with two attached hydrogens (primary N) is 1. The monoisotopic (exact) mass is 345 g/mol. The third-order valence-electron chi connectivity index (χ3n) is 2.54. The molecule has 0 atom stereocenters. The first-order valence-electron chi connectivity index (χ1n) is 6.47. The van der Waals surface area contributed by atoms with Crippen LogP contribution in [0.2, 0.25) is 0 Å². The van der Waals surface area contributed by atoms with Crippen molar-refractivity contribution in [2.24, 2.45) is 0 Å². The van der Waals surface area contributed by atoms with Gasteiger partial charge in [0.25, 0.3) is 0 Å². The second kappa shape index (κ2) is 9.26. The molecule has 106 valence electrons. The molecule has 19 heavy (non-hydrogen) atoms. The van der Waals surface area contributed by atoms with Crippen LogP contribution in [0.25, 0.3) is 0 Å². The molecule has 1 aromatic carbocycles. The van der Waals surface area contributed by atoms with Gasteiger partial charge < -0.3 is 10.5 Å². The third-order valence-corrected chi connectivity index (χ3v) is 4.62. The lowest BCUT2D eigenvalue weighted by Crippen LogP contribution is -2.03. The predicted molar refractivity (Wildman–Crippen MR) is 84.4 cm³/mol. The van der Waals surface area contributed by atoms with Crippen LogP contribution in [0.4, 0.5) is 5.69 Å². The summed E-state index contributed by atoms with van der Waals surface area (Å²) in [5, 5.41) is 0. The second-order valence-corrected chi connectivity index (χ2v) is 6.15. The van der Waals surface area contributed by atoms with Crippen molar-refractivity contribution >= 4 is 39.3 Å². The molecular weight excluding hydrogens is 326 g/mol. The molecule has 0 aliphatic carbocycles. The number of esters is 1. The summed E-state index contributed by atoms with van der Waals surface area (Å²) in [5.41, 5.74) is 6.46. The van der Waals surface area contributed by atoms with Gasteiger partial charge in [-0.15, -0.1) is 11.8 Å². The van der Waals surface area contributed by atoms with Crippen molar-refractivity contribution in [3.05, 3.63) is 22.7 Å². The smallest absolute Gasteiger partial charge is 0.305 e. The van der Waals surface area contributed by atoms with E-state index in [0.717, 1.165) is 35.2 Å². The summed E-state index contributed by atoms with van der Waals surface area (Å²) in [5.74, 6) is 0.960. The normalized spacial score (nSPS) is 10.4. The average Bonchev–Trinajstić information content (AvgIpc) is 2.36. The van der Waals surface area contributed by atoms with Crippen LogP contribution in [0.15, 0.2) is 27.6 Å². The lowest BCUT2D eigenvalue weighted by molar-refractivity contribution is -0.143. The maximum absolute atomic E-state index is 11.1. The molecule has 0 amide bonds. The Balaban J connectivity index is 2.12. The Hall–Kier alpha value is -0.680. The Morgan fingerprint density at radius 1 is 1.37 bits per heavy atom. The first-order chi connectivity index (χ1) is 9.13. The maximum atomic E-state index is 11.1. The number of ether oxygens (including phenoxy) is 1. The molecule has 0 aromatic heterocycles. The van der Waals surface area contributed by atoms with Crippen LogP contribution >= 0.6 is 27.7 Å². The minimum absolute atomic E-state index is 0.0866. The molecule has 0 radical (unpaired) electrons. The van der Waals surface area contributed by atoms with Crippen LogP contribution in [0, 0.1) is 0 Å². The van der Waals surface area contributed by atoms with Crippen LogP contribution in [-0.4, -0.2) is 18.3 Å². The van der Waals surface area contributed by atoms with E-state index in [4.69, 9.17) is 10.5 Å². The van der Waals surface area contributed by atoms with E-state index < -0.39 is 0 Å². The molecule has 3 nitrogen and oxygen atoms in total. The summed E-state index contributed by atoms with van der Waals surface area (Å²) in [6.45, 7) is 2.30. The molecule has 0 heterocycles. The van der Waals surface area contributed by atoms with Gasteiger partial charge in [0.15, 0.2) is 0 Å². The van der Waals surface area contributed by atoms with E-state index in [1.165, 1.54) is 4.90 Å². The number of halogens is 1. The number of thioether (sulfide) groups is 1. The summed E-state index contributed by atoms with van der Waals surface area (Å²) in [4.78, 5) is 12.3. The zero-order valence-electron chi connectivity index (χ0n) is 11.2. The van der Waals surface area contributed by atoms with Crippen molar-refractivity contribution < 1.29 is 9.53 Å². The Labute approximate surface area is 127 Å². The van der Waals surface area contributed by atoms with Crippen molar-refractivity contribution in [3.8, 4) is 0 Å². The van der Waals surface area contributed by atoms with E-state index in [1.807, 2.05) is 25.1 Å². The highest BCUT2D eigenvalue weighted by Gasteiger charge is 2.03. The van der Waals surface area contributed by atoms with E-state index >= 15 is 0 Å². The van der Waals surface area contributed by atoms with Gasteiger partial charge in [0.2, 0.25) is 0 Å². The standard InChI is InChI=1S/C14H20BrNO2S/c1-2-18-14(17)6-4-3-5-9-19-13-8-7-11(16)10-12(13)15/h7-8,10H,2-6,9,16H2,1H3. The van der Waals surface area contributed by atoms with Gasteiger partial charge in [-0.3, -0.25) is 4.79 Å². The molecule has 0 unspecified atom stereocenters. The van der Waals surface area contributed by atoms with Crippen LogP contribution < -0.4 is 5.73 Å². The maximum Gasteiger partial charge on any atom is 0.305 e. The zero-order chi connectivity index (χ0) is 14.1. The van der Waals surface area contributed by atoms with Gasteiger partial charge in [-0.25, -0.2) is 0 Å². The van der Waals surface area contributed by atoms with E-state index in [9.17, 15) is 4.79 Å². The highest BCUT2D eigenvalue weighted by molar-refractivity contribution is 9.10. The van der Waals surface area contributed by atoms with Crippen LogP contribution in [0.3, 0.4) is 0 Å². The number of anilines is 1. The second-order valence-electron chi connectivity index (χ2n) is 4.15. The molecule has 0 aliphatic heterocycles. The van der Waals surface area contributed by atoms with Crippen molar-refractivity contribution in [3.63, 3.8) is 0 Å². The molecule has 2 N–H and O–H groups in total. The highest BCUT2D eigenvalue weighted by atomic mass is 79.9. The topological polar surface area (TPSA) is 52.3 Å². The Morgan fingerprint density at radius 2 is 2.16 bits per heavy atom. The Morgan fingerprint density at radius 3 is 2.84 bits per heavy atom. The molecule has 1 rings (SSSR count). The average molecular weight is 346 g/mol. The molecule has 0 spiro atoms. The summed E-state index contributed by atoms with van der Waals surface area (Å²) in [6.07, 6.45) is 3.59. The zero-order valence-corrected chi connectivity index (χ0v) is 13.6. The molecule has 0 saturated carbocycles. The number of rotatable bonds is 8. The Bertz CT molecular complexity index is 412. The van der Waals surface area contributed by atoms with Gasteiger partial charge >= 0.3 is 5.97 Å². The van der Waals surface area contributed by atoms with Gasteiger partial charge in [0, 0.05) is 21.5 Å². The largest absolute Gasteiger partial charge is 0.466 e. The predicted octanol–water partition coefficient (Wildman–Crippen LogP) is 4.25. The first kappa shape index (κ1) is 16.4. The fraction of sp³-hybridized carbons (Fsp3) is 0.500. The van der Waals surface area contributed by atoms with E-state index in [2.05, 4.69) is 15.9 Å².